The number of phosphoric acid groups is 2. The largest absolute Gasteiger partial charge is 0.472 e. The van der Waals surface area contributed by atoms with Crippen molar-refractivity contribution in [3.63, 3.8) is 0 Å². The number of hydrogen-bond donors (Lipinski definition) is 8. The molecule has 0 saturated heterocycles. The minimum Gasteiger partial charge on any atom is -0.462 e. The van der Waals surface area contributed by atoms with Gasteiger partial charge >= 0.3 is 27.6 Å². The van der Waals surface area contributed by atoms with Crippen LogP contribution < -0.4 is 0 Å². The van der Waals surface area contributed by atoms with Crippen molar-refractivity contribution in [1.82, 2.24) is 0 Å². The van der Waals surface area contributed by atoms with Crippen LogP contribution >= 0.6 is 15.6 Å². The maximum absolute atomic E-state index is 13.0. The highest BCUT2D eigenvalue weighted by atomic mass is 31.2. The Labute approximate surface area is 404 Å². The van der Waals surface area contributed by atoms with Crippen LogP contribution in [0.2, 0.25) is 0 Å². The molecule has 1 fully saturated rings. The summed E-state index contributed by atoms with van der Waals surface area (Å²) >= 11 is 0. The van der Waals surface area contributed by atoms with E-state index in [2.05, 4.69) is 60.9 Å². The van der Waals surface area contributed by atoms with Gasteiger partial charge in [-0.3, -0.25) is 23.2 Å². The second-order valence-corrected chi connectivity index (χ2v) is 19.6. The van der Waals surface area contributed by atoms with Gasteiger partial charge in [-0.25, -0.2) is 9.13 Å². The molecule has 8 N–H and O–H groups in total. The molecule has 19 heteroatoms. The molecule has 1 aliphatic carbocycles. The SMILES string of the molecule is CC/C=C\C/C=C\C/C=C\C/C=C\C/C=C\C=C/C(O)CCC(=O)OC[C@H](COP(=O)(O)O[C@H]1C(O)C(O)C(O)[C@@H](OP(=O)(O)O)C1O)OC(=O)CCCCCCCCCCCCCCCCC. The molecule has 392 valence electrons. The lowest BCUT2D eigenvalue weighted by molar-refractivity contribution is -0.216. The van der Waals surface area contributed by atoms with Crippen molar-refractivity contribution in [2.24, 2.45) is 0 Å². The zero-order chi connectivity index (χ0) is 50.5. The van der Waals surface area contributed by atoms with Gasteiger partial charge in [0.15, 0.2) is 6.10 Å². The molecule has 0 bridgehead atoms. The first kappa shape index (κ1) is 63.4. The second kappa shape index (κ2) is 39.1. The first-order valence-corrected chi connectivity index (χ1v) is 27.6. The molecule has 68 heavy (non-hydrogen) atoms. The lowest BCUT2D eigenvalue weighted by atomic mass is 9.85. The summed E-state index contributed by atoms with van der Waals surface area (Å²) in [6.45, 7) is 2.79. The highest BCUT2D eigenvalue weighted by Crippen LogP contribution is 2.49. The average molecular weight is 1010 g/mol. The topological polar surface area (TPSA) is 276 Å². The molecule has 17 nitrogen and oxygen atoms in total. The predicted molar refractivity (Wildman–Crippen MR) is 261 cm³/mol. The van der Waals surface area contributed by atoms with E-state index in [0.717, 1.165) is 51.4 Å². The third-order valence-corrected chi connectivity index (χ3v) is 12.4. The maximum atomic E-state index is 13.0. The summed E-state index contributed by atoms with van der Waals surface area (Å²) in [5.74, 6) is -1.49. The normalized spacial score (nSPS) is 22.3. The highest BCUT2D eigenvalue weighted by Gasteiger charge is 2.54. The Kier molecular flexibility index (Phi) is 36.4. The number of aliphatic hydroxyl groups excluding tert-OH is 5. The molecule has 6 unspecified atom stereocenters. The van der Waals surface area contributed by atoms with Gasteiger partial charge in [-0.15, -0.1) is 0 Å². The molecule has 1 aliphatic rings. The lowest BCUT2D eigenvalue weighted by Gasteiger charge is -2.43. The molecule has 0 aromatic heterocycles. The van der Waals surface area contributed by atoms with Crippen LogP contribution in [0.5, 0.6) is 0 Å². The molecule has 0 radical (unpaired) electrons. The van der Waals surface area contributed by atoms with Gasteiger partial charge in [0.1, 0.15) is 43.2 Å². The highest BCUT2D eigenvalue weighted by molar-refractivity contribution is 7.47. The summed E-state index contributed by atoms with van der Waals surface area (Å²) < 4.78 is 49.2. The van der Waals surface area contributed by atoms with E-state index in [0.29, 0.717) is 12.8 Å². The van der Waals surface area contributed by atoms with Gasteiger partial charge in [0.05, 0.1) is 12.7 Å². The van der Waals surface area contributed by atoms with Crippen LogP contribution in [0.25, 0.3) is 0 Å². The predicted octanol–water partition coefficient (Wildman–Crippen LogP) is 8.59. The molecule has 0 aromatic rings. The molecule has 0 spiro atoms. The Morgan fingerprint density at radius 3 is 1.51 bits per heavy atom. The number of phosphoric ester groups is 2. The number of unbranched alkanes of at least 4 members (excludes halogenated alkanes) is 14. The number of hydrogen-bond acceptors (Lipinski definition) is 14. The summed E-state index contributed by atoms with van der Waals surface area (Å²) in [5.41, 5.74) is 0. The average Bonchev–Trinajstić information content (AvgIpc) is 3.29. The van der Waals surface area contributed by atoms with Crippen LogP contribution in [0.3, 0.4) is 0 Å². The van der Waals surface area contributed by atoms with Crippen molar-refractivity contribution >= 4 is 27.6 Å². The van der Waals surface area contributed by atoms with Crippen LogP contribution in [-0.2, 0) is 41.8 Å². The van der Waals surface area contributed by atoms with Crippen molar-refractivity contribution in [3.8, 4) is 0 Å². The third-order valence-electron chi connectivity index (χ3n) is 10.9. The molecule has 1 saturated carbocycles. The van der Waals surface area contributed by atoms with E-state index in [9.17, 15) is 58.9 Å². The lowest BCUT2D eigenvalue weighted by Crippen LogP contribution is -2.64. The molecular weight excluding hydrogens is 922 g/mol. The Morgan fingerprint density at radius 1 is 0.544 bits per heavy atom. The van der Waals surface area contributed by atoms with E-state index in [1.54, 1.807) is 12.2 Å². The monoisotopic (exact) mass is 1010 g/mol. The van der Waals surface area contributed by atoms with E-state index in [1.807, 2.05) is 12.2 Å². The van der Waals surface area contributed by atoms with Crippen LogP contribution in [-0.4, -0.2) is 114 Å². The van der Waals surface area contributed by atoms with Crippen molar-refractivity contribution in [2.75, 3.05) is 13.2 Å². The number of carbonyl (C=O) groups is 2. The van der Waals surface area contributed by atoms with E-state index < -0.39 is 89.6 Å². The molecule has 0 heterocycles. The first-order chi connectivity index (χ1) is 32.5. The van der Waals surface area contributed by atoms with E-state index in [-0.39, 0.29) is 19.3 Å². The summed E-state index contributed by atoms with van der Waals surface area (Å²) in [6, 6.07) is 0. The van der Waals surface area contributed by atoms with E-state index >= 15 is 0 Å². The van der Waals surface area contributed by atoms with Gasteiger partial charge in [-0.2, -0.15) is 0 Å². The number of esters is 2. The van der Waals surface area contributed by atoms with Crippen molar-refractivity contribution < 1.29 is 82.0 Å². The Hall–Kier alpha value is -2.60. The third kappa shape index (κ3) is 33.1. The van der Waals surface area contributed by atoms with E-state index in [1.165, 1.54) is 70.3 Å². The fraction of sp³-hybridized carbons (Fsp3) is 0.714. The van der Waals surface area contributed by atoms with Crippen LogP contribution in [0.4, 0.5) is 0 Å². The summed E-state index contributed by atoms with van der Waals surface area (Å²) in [5, 5.41) is 51.6. The maximum Gasteiger partial charge on any atom is 0.472 e. The minimum absolute atomic E-state index is 0.000808. The molecule has 0 aliphatic heterocycles. The van der Waals surface area contributed by atoms with Gasteiger partial charge in [-0.1, -0.05) is 177 Å². The van der Waals surface area contributed by atoms with Gasteiger partial charge in [-0.05, 0) is 44.9 Å². The number of carbonyl (C=O) groups excluding carboxylic acids is 2. The molecular formula is C49H84O17P2. The van der Waals surface area contributed by atoms with Gasteiger partial charge in [0.2, 0.25) is 0 Å². The smallest absolute Gasteiger partial charge is 0.462 e. The first-order valence-electron chi connectivity index (χ1n) is 24.6. The summed E-state index contributed by atoms with van der Waals surface area (Å²) in [6.07, 6.45) is 28.9. The number of allylic oxidation sites excluding steroid dienone is 11. The van der Waals surface area contributed by atoms with Gasteiger partial charge in [0, 0.05) is 12.8 Å². The minimum atomic E-state index is -5.39. The molecule has 1 rings (SSSR count). The standard InChI is InChI=1S/C49H84O17P2/c1-3-5-7-9-11-13-15-17-19-21-22-24-26-28-30-32-34-40(50)36-37-42(51)62-38-41(64-43(52)35-33-31-29-27-25-23-20-18-16-14-12-10-8-6-4-2)39-63-68(60,61)66-49-46(55)44(53)45(54)48(47(49)56)65-67(57,58)59/h5,7,11,13,17,19,22,24,28,30,32,34,40-41,44-50,53-56H,3-4,6,8-10,12,14-16,18,20-21,23,25-27,29,31,33,35-39H2,1-2H3,(H,60,61)(H2,57,58,59)/b7-5-,13-11-,19-17-,24-22-,30-28-,34-32-/t40?,41-,44?,45?,46?,47?,48-,49+/m1/s1. The zero-order valence-corrected chi connectivity index (χ0v) is 42.2. The fourth-order valence-electron chi connectivity index (χ4n) is 7.08. The number of rotatable bonds is 40. The quantitative estimate of drug-likeness (QED) is 0.00938. The number of ether oxygens (including phenoxy) is 2. The fourth-order valence-corrected chi connectivity index (χ4v) is 8.62. The van der Waals surface area contributed by atoms with Crippen LogP contribution in [0, 0.1) is 0 Å². The Bertz CT molecular complexity index is 1610. The van der Waals surface area contributed by atoms with Crippen molar-refractivity contribution in [3.05, 3.63) is 72.9 Å². The Morgan fingerprint density at radius 2 is 1.01 bits per heavy atom. The van der Waals surface area contributed by atoms with Crippen LogP contribution in [0.15, 0.2) is 72.9 Å². The zero-order valence-electron chi connectivity index (χ0n) is 40.4. The Balaban J connectivity index is 2.67. The van der Waals surface area contributed by atoms with Crippen molar-refractivity contribution in [1.29, 1.82) is 0 Å². The number of aliphatic hydroxyl groups is 5. The van der Waals surface area contributed by atoms with E-state index in [4.69, 9.17) is 18.5 Å². The van der Waals surface area contributed by atoms with Gasteiger partial charge in [0.25, 0.3) is 0 Å². The molecule has 9 atom stereocenters. The van der Waals surface area contributed by atoms with Crippen LogP contribution in [0.1, 0.15) is 162 Å². The molecule has 0 aromatic carbocycles. The van der Waals surface area contributed by atoms with Gasteiger partial charge < -0.3 is 49.7 Å². The summed E-state index contributed by atoms with van der Waals surface area (Å²) in [4.78, 5) is 54.3. The van der Waals surface area contributed by atoms with Crippen molar-refractivity contribution in [2.45, 2.75) is 210 Å². The summed E-state index contributed by atoms with van der Waals surface area (Å²) in [7, 11) is -10.8. The molecule has 0 amide bonds. The second-order valence-electron chi connectivity index (χ2n) is 17.0.